The van der Waals surface area contributed by atoms with Crippen LogP contribution in [0.2, 0.25) is 0 Å². The van der Waals surface area contributed by atoms with Gasteiger partial charge in [-0.3, -0.25) is 4.79 Å². The molecule has 2 aliphatic rings. The highest BCUT2D eigenvalue weighted by atomic mass is 32.2. The van der Waals surface area contributed by atoms with Crippen molar-refractivity contribution >= 4 is 15.9 Å². The SMILES string of the molecule is Cc1ccc(S(=O)(=O)N2CCC(C(=O)N3CCC[C@@H]3c3ccc(F)cc3)CC2)cc1C. The van der Waals surface area contributed by atoms with Crippen LogP contribution in [0.1, 0.15) is 48.4 Å². The third-order valence-electron chi connectivity index (χ3n) is 6.71. The van der Waals surface area contributed by atoms with E-state index >= 15 is 0 Å². The third-order valence-corrected chi connectivity index (χ3v) is 8.60. The molecule has 0 N–H and O–H groups in total. The molecule has 0 saturated carbocycles. The summed E-state index contributed by atoms with van der Waals surface area (Å²) in [5, 5.41) is 0. The minimum Gasteiger partial charge on any atom is -0.335 e. The quantitative estimate of drug-likeness (QED) is 0.710. The predicted octanol–water partition coefficient (Wildman–Crippen LogP) is 4.21. The van der Waals surface area contributed by atoms with Gasteiger partial charge in [-0.05, 0) is 80.5 Å². The van der Waals surface area contributed by atoms with Gasteiger partial charge in [-0.25, -0.2) is 12.8 Å². The number of carbonyl (C=O) groups excluding carboxylic acids is 1. The minimum atomic E-state index is -3.55. The van der Waals surface area contributed by atoms with Crippen LogP contribution < -0.4 is 0 Å². The van der Waals surface area contributed by atoms with Crippen molar-refractivity contribution in [1.82, 2.24) is 9.21 Å². The maximum absolute atomic E-state index is 13.3. The molecule has 2 aliphatic heterocycles. The number of aryl methyl sites for hydroxylation is 2. The number of piperidine rings is 1. The van der Waals surface area contributed by atoms with Crippen LogP contribution in [0.4, 0.5) is 4.39 Å². The van der Waals surface area contributed by atoms with Gasteiger partial charge in [0.1, 0.15) is 5.82 Å². The third kappa shape index (κ3) is 4.39. The Hall–Kier alpha value is -2.25. The van der Waals surface area contributed by atoms with Crippen molar-refractivity contribution in [3.63, 3.8) is 0 Å². The smallest absolute Gasteiger partial charge is 0.243 e. The molecule has 2 aromatic rings. The lowest BCUT2D eigenvalue weighted by molar-refractivity contribution is -0.137. The van der Waals surface area contributed by atoms with E-state index in [0.29, 0.717) is 37.4 Å². The van der Waals surface area contributed by atoms with Gasteiger partial charge in [-0.2, -0.15) is 4.31 Å². The number of halogens is 1. The lowest BCUT2D eigenvalue weighted by Crippen LogP contribution is -2.44. The summed E-state index contributed by atoms with van der Waals surface area (Å²) < 4.78 is 40.9. The summed E-state index contributed by atoms with van der Waals surface area (Å²) in [6.45, 7) is 5.26. The number of benzene rings is 2. The molecule has 2 aromatic carbocycles. The van der Waals surface area contributed by atoms with Gasteiger partial charge in [-0.1, -0.05) is 18.2 Å². The van der Waals surface area contributed by atoms with Crippen molar-refractivity contribution in [3.8, 4) is 0 Å². The summed E-state index contributed by atoms with van der Waals surface area (Å²) in [5.74, 6) is -0.362. The van der Waals surface area contributed by atoms with Gasteiger partial charge in [0.15, 0.2) is 0 Å². The zero-order chi connectivity index (χ0) is 22.2. The second-order valence-corrected chi connectivity index (χ2v) is 10.6. The Morgan fingerprint density at radius 3 is 2.26 bits per heavy atom. The maximum atomic E-state index is 13.3. The van der Waals surface area contributed by atoms with E-state index < -0.39 is 10.0 Å². The fraction of sp³-hybridized carbons (Fsp3) is 0.458. The predicted molar refractivity (Wildman–Crippen MR) is 117 cm³/mol. The number of rotatable bonds is 4. The van der Waals surface area contributed by atoms with E-state index in [9.17, 15) is 17.6 Å². The molecule has 4 rings (SSSR count). The van der Waals surface area contributed by atoms with Gasteiger partial charge in [0.2, 0.25) is 15.9 Å². The average Bonchev–Trinajstić information content (AvgIpc) is 3.25. The highest BCUT2D eigenvalue weighted by molar-refractivity contribution is 7.89. The van der Waals surface area contributed by atoms with Crippen LogP contribution in [0, 0.1) is 25.6 Å². The number of sulfonamides is 1. The molecule has 1 amide bonds. The van der Waals surface area contributed by atoms with Crippen molar-refractivity contribution in [2.75, 3.05) is 19.6 Å². The summed E-state index contributed by atoms with van der Waals surface area (Å²) in [5.41, 5.74) is 2.97. The van der Waals surface area contributed by atoms with Crippen LogP contribution in [0.15, 0.2) is 47.4 Å². The highest BCUT2D eigenvalue weighted by Gasteiger charge is 2.37. The Labute approximate surface area is 183 Å². The largest absolute Gasteiger partial charge is 0.335 e. The second kappa shape index (κ2) is 8.71. The number of hydrogen-bond acceptors (Lipinski definition) is 3. The van der Waals surface area contributed by atoms with Crippen LogP contribution in [0.25, 0.3) is 0 Å². The van der Waals surface area contributed by atoms with Crippen LogP contribution in [0.5, 0.6) is 0 Å². The molecule has 7 heteroatoms. The zero-order valence-corrected chi connectivity index (χ0v) is 18.9. The number of carbonyl (C=O) groups is 1. The van der Waals surface area contributed by atoms with Gasteiger partial charge in [-0.15, -0.1) is 0 Å². The van der Waals surface area contributed by atoms with Gasteiger partial charge in [0, 0.05) is 25.6 Å². The van der Waals surface area contributed by atoms with Crippen molar-refractivity contribution in [1.29, 1.82) is 0 Å². The van der Waals surface area contributed by atoms with Crippen LogP contribution in [0.3, 0.4) is 0 Å². The van der Waals surface area contributed by atoms with E-state index in [1.165, 1.54) is 16.4 Å². The molecule has 5 nitrogen and oxygen atoms in total. The van der Waals surface area contributed by atoms with Crippen molar-refractivity contribution in [2.45, 2.75) is 50.5 Å². The molecule has 0 spiro atoms. The molecular formula is C24H29FN2O3S. The lowest BCUT2D eigenvalue weighted by Gasteiger charge is -2.34. The van der Waals surface area contributed by atoms with Gasteiger partial charge in [0.05, 0.1) is 10.9 Å². The first kappa shape index (κ1) is 22.0. The number of hydrogen-bond donors (Lipinski definition) is 0. The molecule has 166 valence electrons. The Kier molecular flexibility index (Phi) is 6.17. The molecule has 0 aliphatic carbocycles. The van der Waals surface area contributed by atoms with Crippen molar-refractivity contribution in [2.24, 2.45) is 5.92 Å². The van der Waals surface area contributed by atoms with Gasteiger partial charge >= 0.3 is 0 Å². The molecule has 31 heavy (non-hydrogen) atoms. The molecular weight excluding hydrogens is 415 g/mol. The fourth-order valence-corrected chi connectivity index (χ4v) is 6.22. The van der Waals surface area contributed by atoms with Gasteiger partial charge in [0.25, 0.3) is 0 Å². The highest BCUT2D eigenvalue weighted by Crippen LogP contribution is 2.35. The van der Waals surface area contributed by atoms with Crippen LogP contribution >= 0.6 is 0 Å². The molecule has 0 bridgehead atoms. The topological polar surface area (TPSA) is 57.7 Å². The summed E-state index contributed by atoms with van der Waals surface area (Å²) in [4.78, 5) is 15.5. The number of likely N-dealkylation sites (tertiary alicyclic amines) is 1. The normalized spacial score (nSPS) is 20.9. The Morgan fingerprint density at radius 2 is 1.61 bits per heavy atom. The molecule has 2 saturated heterocycles. The first-order valence-electron chi connectivity index (χ1n) is 10.9. The van der Waals surface area contributed by atoms with Crippen molar-refractivity contribution in [3.05, 3.63) is 65.0 Å². The van der Waals surface area contributed by atoms with Gasteiger partial charge < -0.3 is 4.90 Å². The van der Waals surface area contributed by atoms with E-state index in [1.54, 1.807) is 24.3 Å². The summed E-state index contributed by atoms with van der Waals surface area (Å²) in [7, 11) is -3.55. The number of nitrogens with zero attached hydrogens (tertiary/aromatic N) is 2. The number of amides is 1. The van der Waals surface area contributed by atoms with E-state index in [0.717, 1.165) is 29.5 Å². The fourth-order valence-electron chi connectivity index (χ4n) is 4.66. The van der Waals surface area contributed by atoms with E-state index in [1.807, 2.05) is 24.8 Å². The molecule has 1 atom stereocenters. The van der Waals surface area contributed by atoms with Crippen LogP contribution in [-0.4, -0.2) is 43.2 Å². The van der Waals surface area contributed by atoms with Crippen molar-refractivity contribution < 1.29 is 17.6 Å². The first-order chi connectivity index (χ1) is 14.8. The summed E-state index contributed by atoms with van der Waals surface area (Å²) in [6.07, 6.45) is 2.84. The summed E-state index contributed by atoms with van der Waals surface area (Å²) in [6, 6.07) is 11.6. The van der Waals surface area contributed by atoms with E-state index in [-0.39, 0.29) is 23.7 Å². The molecule has 0 aromatic heterocycles. The first-order valence-corrected chi connectivity index (χ1v) is 12.3. The van der Waals surface area contributed by atoms with E-state index in [2.05, 4.69) is 0 Å². The Balaban J connectivity index is 1.42. The maximum Gasteiger partial charge on any atom is 0.243 e. The standard InChI is InChI=1S/C24H29FN2O3S/c1-17-5-10-22(16-18(17)2)31(29,30)26-14-11-20(12-15-26)24(28)27-13-3-4-23(27)19-6-8-21(25)9-7-19/h5-10,16,20,23H,3-4,11-15H2,1-2H3/t23-/m1/s1. The zero-order valence-electron chi connectivity index (χ0n) is 18.1. The second-order valence-electron chi connectivity index (χ2n) is 8.67. The Morgan fingerprint density at radius 1 is 0.935 bits per heavy atom. The average molecular weight is 445 g/mol. The van der Waals surface area contributed by atoms with Crippen LogP contribution in [-0.2, 0) is 14.8 Å². The molecule has 0 radical (unpaired) electrons. The minimum absolute atomic E-state index is 0.0228. The summed E-state index contributed by atoms with van der Waals surface area (Å²) >= 11 is 0. The molecule has 2 heterocycles. The lowest BCUT2D eigenvalue weighted by atomic mass is 9.95. The van der Waals surface area contributed by atoms with E-state index in [4.69, 9.17) is 0 Å². The molecule has 2 fully saturated rings. The molecule has 0 unspecified atom stereocenters. The Bertz CT molecular complexity index is 1060. The monoisotopic (exact) mass is 444 g/mol.